The second-order valence-electron chi connectivity index (χ2n) is 7.55. The van der Waals surface area contributed by atoms with Gasteiger partial charge < -0.3 is 10.6 Å². The third-order valence-electron chi connectivity index (χ3n) is 4.98. The first-order chi connectivity index (χ1) is 16.0. The first-order valence-corrected chi connectivity index (χ1v) is 11.8. The van der Waals surface area contributed by atoms with E-state index < -0.39 is 0 Å². The van der Waals surface area contributed by atoms with E-state index in [2.05, 4.69) is 39.9 Å². The standard InChI is InChI=1S/C25H24ClN5OS/c1-17-8-12-20(13-9-17)27-16-23-29-30-25(31(23)22-14-10-19(26)11-15-22)33-18(2)24(32)28-21-6-4-3-5-7-21/h3-15,18,27H,16H2,1-2H3,(H,28,32)/t18-/m1/s1. The highest BCUT2D eigenvalue weighted by Gasteiger charge is 2.21. The Labute approximate surface area is 202 Å². The number of para-hydroxylation sites is 1. The maximum absolute atomic E-state index is 12.7. The van der Waals surface area contributed by atoms with E-state index >= 15 is 0 Å². The van der Waals surface area contributed by atoms with Gasteiger partial charge in [0.05, 0.1) is 11.8 Å². The fraction of sp³-hybridized carbons (Fsp3) is 0.160. The van der Waals surface area contributed by atoms with Gasteiger partial charge in [-0.25, -0.2) is 0 Å². The number of nitrogens with zero attached hydrogens (tertiary/aromatic N) is 3. The summed E-state index contributed by atoms with van der Waals surface area (Å²) in [7, 11) is 0. The molecule has 6 nitrogen and oxygen atoms in total. The molecule has 0 fully saturated rings. The largest absolute Gasteiger partial charge is 0.378 e. The predicted molar refractivity (Wildman–Crippen MR) is 135 cm³/mol. The number of benzene rings is 3. The van der Waals surface area contributed by atoms with Gasteiger partial charge in [0.2, 0.25) is 5.91 Å². The molecule has 33 heavy (non-hydrogen) atoms. The molecule has 3 aromatic carbocycles. The molecule has 0 aliphatic rings. The number of rotatable bonds is 8. The normalized spacial score (nSPS) is 11.7. The molecule has 0 saturated heterocycles. The quantitative estimate of drug-likeness (QED) is 0.306. The molecule has 2 N–H and O–H groups in total. The molecule has 0 bridgehead atoms. The average Bonchev–Trinajstić information content (AvgIpc) is 3.22. The number of hydrogen-bond donors (Lipinski definition) is 2. The Morgan fingerprint density at radius 1 is 0.970 bits per heavy atom. The van der Waals surface area contributed by atoms with Crippen LogP contribution in [0.4, 0.5) is 11.4 Å². The molecule has 1 heterocycles. The number of nitrogens with one attached hydrogen (secondary N) is 2. The average molecular weight is 478 g/mol. The van der Waals surface area contributed by atoms with Crippen molar-refractivity contribution >= 4 is 40.6 Å². The number of thioether (sulfide) groups is 1. The molecule has 0 aliphatic carbocycles. The Hall–Kier alpha value is -3.29. The van der Waals surface area contributed by atoms with Crippen LogP contribution in [-0.2, 0) is 11.3 Å². The summed E-state index contributed by atoms with van der Waals surface area (Å²) in [6, 6.07) is 25.1. The summed E-state index contributed by atoms with van der Waals surface area (Å²) in [4.78, 5) is 12.7. The van der Waals surface area contributed by atoms with Crippen LogP contribution in [0, 0.1) is 6.92 Å². The highest BCUT2D eigenvalue weighted by atomic mass is 35.5. The molecule has 0 saturated carbocycles. The lowest BCUT2D eigenvalue weighted by atomic mass is 10.2. The third kappa shape index (κ3) is 5.94. The smallest absolute Gasteiger partial charge is 0.237 e. The fourth-order valence-corrected chi connectivity index (χ4v) is 4.18. The summed E-state index contributed by atoms with van der Waals surface area (Å²) in [5.41, 5.74) is 3.84. The fourth-order valence-electron chi connectivity index (χ4n) is 3.17. The number of halogens is 1. The highest BCUT2D eigenvalue weighted by Crippen LogP contribution is 2.27. The number of anilines is 2. The minimum absolute atomic E-state index is 0.101. The van der Waals surface area contributed by atoms with E-state index in [1.165, 1.54) is 17.3 Å². The van der Waals surface area contributed by atoms with Gasteiger partial charge in [0, 0.05) is 22.1 Å². The van der Waals surface area contributed by atoms with E-state index in [9.17, 15) is 4.79 Å². The summed E-state index contributed by atoms with van der Waals surface area (Å²) in [5.74, 6) is 0.632. The van der Waals surface area contributed by atoms with Gasteiger partial charge in [0.1, 0.15) is 0 Å². The lowest BCUT2D eigenvalue weighted by Crippen LogP contribution is -2.23. The van der Waals surface area contributed by atoms with Crippen molar-refractivity contribution in [3.63, 3.8) is 0 Å². The Morgan fingerprint density at radius 3 is 2.36 bits per heavy atom. The first kappa shape index (κ1) is 22.9. The number of aryl methyl sites for hydroxylation is 1. The second-order valence-corrected chi connectivity index (χ2v) is 9.29. The van der Waals surface area contributed by atoms with Crippen molar-refractivity contribution in [1.82, 2.24) is 14.8 Å². The van der Waals surface area contributed by atoms with Gasteiger partial charge in [0.15, 0.2) is 11.0 Å². The van der Waals surface area contributed by atoms with Crippen LogP contribution in [0.3, 0.4) is 0 Å². The molecule has 0 aliphatic heterocycles. The minimum Gasteiger partial charge on any atom is -0.378 e. The summed E-state index contributed by atoms with van der Waals surface area (Å²) in [5, 5.41) is 16.0. The van der Waals surface area contributed by atoms with E-state index in [1.807, 2.05) is 78.2 Å². The Kier molecular flexibility index (Phi) is 7.32. The molecular formula is C25H24ClN5OS. The van der Waals surface area contributed by atoms with Crippen LogP contribution in [0.1, 0.15) is 18.3 Å². The lowest BCUT2D eigenvalue weighted by Gasteiger charge is -2.14. The maximum Gasteiger partial charge on any atom is 0.237 e. The lowest BCUT2D eigenvalue weighted by molar-refractivity contribution is -0.115. The van der Waals surface area contributed by atoms with Gasteiger partial charge in [0.25, 0.3) is 0 Å². The van der Waals surface area contributed by atoms with Crippen LogP contribution in [0.2, 0.25) is 5.02 Å². The van der Waals surface area contributed by atoms with E-state index in [1.54, 1.807) is 0 Å². The summed E-state index contributed by atoms with van der Waals surface area (Å²) >= 11 is 7.46. The van der Waals surface area contributed by atoms with E-state index in [0.29, 0.717) is 16.7 Å². The van der Waals surface area contributed by atoms with Gasteiger partial charge in [-0.15, -0.1) is 10.2 Å². The third-order valence-corrected chi connectivity index (χ3v) is 6.27. The molecular weight excluding hydrogens is 454 g/mol. The number of hydrogen-bond acceptors (Lipinski definition) is 5. The van der Waals surface area contributed by atoms with Crippen molar-refractivity contribution in [1.29, 1.82) is 0 Å². The van der Waals surface area contributed by atoms with E-state index in [0.717, 1.165) is 22.9 Å². The van der Waals surface area contributed by atoms with Crippen LogP contribution in [-0.4, -0.2) is 25.9 Å². The Morgan fingerprint density at radius 2 is 1.67 bits per heavy atom. The number of carbonyl (C=O) groups is 1. The zero-order valence-electron chi connectivity index (χ0n) is 18.3. The molecule has 4 rings (SSSR count). The van der Waals surface area contributed by atoms with Crippen LogP contribution in [0.25, 0.3) is 5.69 Å². The van der Waals surface area contributed by atoms with Crippen molar-refractivity contribution in [2.45, 2.75) is 30.8 Å². The van der Waals surface area contributed by atoms with Gasteiger partial charge in [-0.2, -0.15) is 0 Å². The molecule has 0 radical (unpaired) electrons. The van der Waals surface area contributed by atoms with Crippen molar-refractivity contribution in [2.24, 2.45) is 0 Å². The van der Waals surface area contributed by atoms with Crippen molar-refractivity contribution < 1.29 is 4.79 Å². The van der Waals surface area contributed by atoms with E-state index in [4.69, 9.17) is 11.6 Å². The number of amides is 1. The molecule has 0 unspecified atom stereocenters. The van der Waals surface area contributed by atoms with Gasteiger partial charge in [-0.1, -0.05) is 59.3 Å². The molecule has 8 heteroatoms. The predicted octanol–water partition coefficient (Wildman–Crippen LogP) is 5.96. The van der Waals surface area contributed by atoms with Crippen molar-refractivity contribution in [3.8, 4) is 5.69 Å². The Balaban J connectivity index is 1.55. The molecule has 168 valence electrons. The number of aromatic nitrogens is 3. The minimum atomic E-state index is -0.377. The van der Waals surface area contributed by atoms with Crippen LogP contribution < -0.4 is 10.6 Å². The topological polar surface area (TPSA) is 71.8 Å². The van der Waals surface area contributed by atoms with Crippen LogP contribution in [0.5, 0.6) is 0 Å². The van der Waals surface area contributed by atoms with E-state index in [-0.39, 0.29) is 11.2 Å². The van der Waals surface area contributed by atoms with Crippen molar-refractivity contribution in [2.75, 3.05) is 10.6 Å². The van der Waals surface area contributed by atoms with Crippen molar-refractivity contribution in [3.05, 3.63) is 95.3 Å². The summed E-state index contributed by atoms with van der Waals surface area (Å²) in [6.07, 6.45) is 0. The second kappa shape index (κ2) is 10.6. The summed E-state index contributed by atoms with van der Waals surface area (Å²) in [6.45, 7) is 4.39. The molecule has 1 aromatic heterocycles. The zero-order chi connectivity index (χ0) is 23.2. The highest BCUT2D eigenvalue weighted by molar-refractivity contribution is 8.00. The molecule has 0 spiro atoms. The zero-order valence-corrected chi connectivity index (χ0v) is 19.9. The van der Waals surface area contributed by atoms with Gasteiger partial charge in [-0.05, 0) is 62.4 Å². The monoisotopic (exact) mass is 477 g/mol. The molecule has 1 atom stereocenters. The SMILES string of the molecule is Cc1ccc(NCc2nnc(S[C@H](C)C(=O)Nc3ccccc3)n2-c2ccc(Cl)cc2)cc1. The van der Waals surface area contributed by atoms with Gasteiger partial charge >= 0.3 is 0 Å². The Bertz CT molecular complexity index is 1210. The van der Waals surface area contributed by atoms with Gasteiger partial charge in [-0.3, -0.25) is 9.36 Å². The first-order valence-electron chi connectivity index (χ1n) is 10.5. The maximum atomic E-state index is 12.7. The molecule has 1 amide bonds. The van der Waals surface area contributed by atoms with Crippen LogP contribution in [0.15, 0.2) is 84.0 Å². The van der Waals surface area contributed by atoms with Crippen LogP contribution >= 0.6 is 23.4 Å². The number of carbonyl (C=O) groups excluding carboxylic acids is 1. The summed E-state index contributed by atoms with van der Waals surface area (Å²) < 4.78 is 1.95. The molecule has 4 aromatic rings.